The van der Waals surface area contributed by atoms with E-state index in [-0.39, 0.29) is 12.3 Å². The molecule has 0 amide bonds. The first-order valence-corrected chi connectivity index (χ1v) is 19.4. The Bertz CT molecular complexity index is 3320. The molecule has 1 aliphatic rings. The molecule has 8 aromatic carbocycles. The number of para-hydroxylation sites is 3. The molecule has 2 unspecified atom stereocenters. The fourth-order valence-corrected chi connectivity index (χ4v) is 8.85. The van der Waals surface area contributed by atoms with Gasteiger partial charge in [0.05, 0.1) is 16.7 Å². The van der Waals surface area contributed by atoms with Crippen LogP contribution in [0.25, 0.3) is 82.5 Å². The largest absolute Gasteiger partial charge is 0.456 e. The predicted octanol–water partition coefficient (Wildman–Crippen LogP) is 12.6. The lowest BCUT2D eigenvalue weighted by atomic mass is 9.97. The molecule has 0 fully saturated rings. The molecule has 57 heavy (non-hydrogen) atoms. The van der Waals surface area contributed by atoms with Crippen molar-refractivity contribution in [1.82, 2.24) is 15.2 Å². The Morgan fingerprint density at radius 1 is 0.474 bits per heavy atom. The van der Waals surface area contributed by atoms with E-state index in [0.29, 0.717) is 0 Å². The van der Waals surface area contributed by atoms with E-state index < -0.39 is 0 Å². The molecule has 0 aliphatic carbocycles. The van der Waals surface area contributed by atoms with Crippen LogP contribution in [0.4, 0.5) is 0 Å². The summed E-state index contributed by atoms with van der Waals surface area (Å²) >= 11 is 0. The van der Waals surface area contributed by atoms with Crippen LogP contribution in [0.5, 0.6) is 0 Å². The molecule has 6 nitrogen and oxygen atoms in total. The topological polar surface area (TPSA) is 67.6 Å². The number of hydrogen-bond acceptors (Lipinski definition) is 5. The van der Waals surface area contributed by atoms with Crippen molar-refractivity contribution in [1.29, 1.82) is 0 Å². The van der Waals surface area contributed by atoms with Crippen molar-refractivity contribution in [3.05, 3.63) is 199 Å². The first kappa shape index (κ1) is 31.9. The summed E-state index contributed by atoms with van der Waals surface area (Å²) in [4.78, 5) is 5.07. The van der Waals surface area contributed by atoms with E-state index in [1.54, 1.807) is 0 Å². The van der Waals surface area contributed by atoms with E-state index >= 15 is 0 Å². The number of aliphatic imine (C=N–C) groups is 1. The first-order chi connectivity index (χ1) is 28.2. The maximum Gasteiger partial charge on any atom is 0.159 e. The smallest absolute Gasteiger partial charge is 0.159 e. The van der Waals surface area contributed by atoms with Crippen LogP contribution in [0.2, 0.25) is 0 Å². The molecule has 11 aromatic rings. The molecule has 0 spiro atoms. The van der Waals surface area contributed by atoms with Crippen LogP contribution in [0.15, 0.2) is 196 Å². The number of nitrogens with one attached hydrogen (secondary N) is 2. The van der Waals surface area contributed by atoms with Crippen LogP contribution < -0.4 is 10.6 Å². The molecular weight excluding hydrogens is 701 g/mol. The number of rotatable bonds is 5. The first-order valence-electron chi connectivity index (χ1n) is 19.4. The number of amidine groups is 1. The third kappa shape index (κ3) is 5.04. The van der Waals surface area contributed by atoms with Crippen LogP contribution in [-0.2, 0) is 0 Å². The predicted molar refractivity (Wildman–Crippen MR) is 232 cm³/mol. The van der Waals surface area contributed by atoms with Gasteiger partial charge in [-0.05, 0) is 64.7 Å². The van der Waals surface area contributed by atoms with Crippen LogP contribution in [0.3, 0.4) is 0 Å². The van der Waals surface area contributed by atoms with Gasteiger partial charge in [0.2, 0.25) is 0 Å². The van der Waals surface area contributed by atoms with Crippen molar-refractivity contribution in [2.45, 2.75) is 12.3 Å². The van der Waals surface area contributed by atoms with Gasteiger partial charge in [0, 0.05) is 37.9 Å². The number of nitrogens with zero attached hydrogens (tertiary/aromatic N) is 2. The molecule has 0 saturated carbocycles. The van der Waals surface area contributed by atoms with Gasteiger partial charge in [0.1, 0.15) is 34.9 Å². The second kappa shape index (κ2) is 12.6. The van der Waals surface area contributed by atoms with Crippen molar-refractivity contribution in [2.75, 3.05) is 0 Å². The molecule has 0 radical (unpaired) electrons. The van der Waals surface area contributed by atoms with E-state index in [0.717, 1.165) is 94.3 Å². The van der Waals surface area contributed by atoms with Gasteiger partial charge in [0.25, 0.3) is 0 Å². The summed E-state index contributed by atoms with van der Waals surface area (Å²) in [5.41, 5.74) is 12.2. The van der Waals surface area contributed by atoms with Gasteiger partial charge in [0.15, 0.2) is 5.58 Å². The lowest BCUT2D eigenvalue weighted by Crippen LogP contribution is -2.44. The van der Waals surface area contributed by atoms with Crippen molar-refractivity contribution >= 4 is 71.5 Å². The highest BCUT2D eigenvalue weighted by atomic mass is 16.3. The normalized spacial score (nSPS) is 15.9. The van der Waals surface area contributed by atoms with Crippen LogP contribution in [-0.4, -0.2) is 10.4 Å². The van der Waals surface area contributed by atoms with E-state index in [9.17, 15) is 0 Å². The summed E-state index contributed by atoms with van der Waals surface area (Å²) in [5, 5.41) is 14.2. The SMILES string of the molecule is c1ccc(C2=NC(c3ccccc3)NC(c3ccc4c(c3)oc3ccc(-c5cccc6oc7c(-n8c9ccccc9c9ccccc98)cccc7c56)cc34)N2)cc1. The standard InChI is InChI=1S/C51H34N4O2/c1-3-13-31(14-4-1)49-52-50(32-15-5-2-6-16-32)54-51(53-49)34-25-27-38-40-29-33(26-28-44(40)56-46(38)30-34)35-19-12-24-45-47(35)39-20-11-23-43(48(39)57-45)55-41-21-9-7-17-36(41)37-18-8-10-22-42(37)55/h1-30,49,51,53H,(H,52,54). The fraction of sp³-hybridized carbons (Fsp3) is 0.0392. The Balaban J connectivity index is 0.954. The summed E-state index contributed by atoms with van der Waals surface area (Å²) in [5.74, 6) is 0.852. The quantitative estimate of drug-likeness (QED) is 0.185. The zero-order chi connectivity index (χ0) is 37.5. The minimum Gasteiger partial charge on any atom is -0.456 e. The molecule has 0 bridgehead atoms. The third-order valence-electron chi connectivity index (χ3n) is 11.5. The van der Waals surface area contributed by atoms with Gasteiger partial charge < -0.3 is 18.7 Å². The maximum absolute atomic E-state index is 6.79. The Morgan fingerprint density at radius 2 is 1.19 bits per heavy atom. The summed E-state index contributed by atoms with van der Waals surface area (Å²) in [6.07, 6.45) is -0.392. The third-order valence-corrected chi connectivity index (χ3v) is 11.5. The van der Waals surface area contributed by atoms with Crippen molar-refractivity contribution in [3.8, 4) is 16.8 Å². The highest BCUT2D eigenvalue weighted by Gasteiger charge is 2.26. The average molecular weight is 735 g/mol. The molecule has 2 N–H and O–H groups in total. The Morgan fingerprint density at radius 3 is 2.00 bits per heavy atom. The molecule has 12 rings (SSSR count). The number of aromatic nitrogens is 1. The minimum atomic E-state index is -0.207. The summed E-state index contributed by atoms with van der Waals surface area (Å²) < 4.78 is 15.7. The zero-order valence-electron chi connectivity index (χ0n) is 30.7. The van der Waals surface area contributed by atoms with Gasteiger partial charge in [-0.1, -0.05) is 140 Å². The van der Waals surface area contributed by atoms with E-state index in [1.807, 2.05) is 24.3 Å². The summed E-state index contributed by atoms with van der Waals surface area (Å²) in [7, 11) is 0. The Labute approximate surface area is 327 Å². The molecule has 6 heteroatoms. The highest BCUT2D eigenvalue weighted by molar-refractivity contribution is 6.17. The lowest BCUT2D eigenvalue weighted by molar-refractivity contribution is 0.409. The van der Waals surface area contributed by atoms with E-state index in [2.05, 4.69) is 173 Å². The Kier molecular flexibility index (Phi) is 7.03. The van der Waals surface area contributed by atoms with Gasteiger partial charge in [-0.2, -0.15) is 0 Å². The van der Waals surface area contributed by atoms with Crippen LogP contribution >= 0.6 is 0 Å². The van der Waals surface area contributed by atoms with Crippen LogP contribution in [0.1, 0.15) is 29.0 Å². The minimum absolute atomic E-state index is 0.185. The van der Waals surface area contributed by atoms with E-state index in [4.69, 9.17) is 13.8 Å². The lowest BCUT2D eigenvalue weighted by Gasteiger charge is -2.32. The maximum atomic E-state index is 6.79. The summed E-state index contributed by atoms with van der Waals surface area (Å²) in [6.45, 7) is 0. The number of benzene rings is 8. The monoisotopic (exact) mass is 734 g/mol. The van der Waals surface area contributed by atoms with Crippen molar-refractivity contribution in [3.63, 3.8) is 0 Å². The number of fused-ring (bicyclic) bond motifs is 9. The second-order valence-electron chi connectivity index (χ2n) is 14.8. The average Bonchev–Trinajstić information content (AvgIpc) is 3.96. The summed E-state index contributed by atoms with van der Waals surface area (Å²) in [6, 6.07) is 63.7. The molecule has 270 valence electrons. The van der Waals surface area contributed by atoms with Crippen molar-refractivity contribution < 1.29 is 8.83 Å². The van der Waals surface area contributed by atoms with E-state index in [1.165, 1.54) is 10.8 Å². The number of hydrogen-bond donors (Lipinski definition) is 2. The molecule has 2 atom stereocenters. The Hall–Kier alpha value is -7.41. The molecule has 1 aliphatic heterocycles. The molecule has 0 saturated heterocycles. The molecule has 4 heterocycles. The number of furan rings is 2. The molecular formula is C51H34N4O2. The van der Waals surface area contributed by atoms with Gasteiger partial charge in [-0.3, -0.25) is 5.32 Å². The van der Waals surface area contributed by atoms with Crippen LogP contribution in [0, 0.1) is 0 Å². The second-order valence-corrected chi connectivity index (χ2v) is 14.8. The molecule has 3 aromatic heterocycles. The highest BCUT2D eigenvalue weighted by Crippen LogP contribution is 2.42. The van der Waals surface area contributed by atoms with Crippen molar-refractivity contribution in [2.24, 2.45) is 4.99 Å². The van der Waals surface area contributed by atoms with Gasteiger partial charge in [-0.25, -0.2) is 4.99 Å². The zero-order valence-corrected chi connectivity index (χ0v) is 30.7. The fourth-order valence-electron chi connectivity index (χ4n) is 8.85. The van der Waals surface area contributed by atoms with Gasteiger partial charge in [-0.15, -0.1) is 0 Å². The van der Waals surface area contributed by atoms with Gasteiger partial charge >= 0.3 is 0 Å².